The van der Waals surface area contributed by atoms with Crippen LogP contribution in [0.4, 0.5) is 0 Å². The van der Waals surface area contributed by atoms with Crippen LogP contribution in [0, 0.1) is 11.8 Å². The molecule has 1 N–H and O–H groups in total. The minimum Gasteiger partial charge on any atom is -0.463 e. The van der Waals surface area contributed by atoms with E-state index in [2.05, 4.69) is 122 Å². The number of carbonyl (C=O) groups is 1. The first-order chi connectivity index (χ1) is 20.7. The van der Waals surface area contributed by atoms with Crippen LogP contribution < -0.4 is 0 Å². The summed E-state index contributed by atoms with van der Waals surface area (Å²) in [6.45, 7) is 26.7. The van der Waals surface area contributed by atoms with Crippen molar-refractivity contribution in [3.05, 3.63) is 60.2 Å². The lowest BCUT2D eigenvalue weighted by atomic mass is 9.89. The Morgan fingerprint density at radius 1 is 0.978 bits per heavy atom. The van der Waals surface area contributed by atoms with Crippen molar-refractivity contribution in [1.82, 2.24) is 0 Å². The maximum Gasteiger partial charge on any atom is 0.306 e. The molecule has 0 heterocycles. The van der Waals surface area contributed by atoms with Crippen molar-refractivity contribution in [2.45, 2.75) is 161 Å². The molecule has 5 atom stereocenters. The lowest BCUT2D eigenvalue weighted by molar-refractivity contribution is -0.147. The van der Waals surface area contributed by atoms with Gasteiger partial charge < -0.3 is 18.7 Å². The van der Waals surface area contributed by atoms with Crippen LogP contribution in [0.2, 0.25) is 36.3 Å². The maximum absolute atomic E-state index is 11.9. The Balaban J connectivity index is 2.29. The smallest absolute Gasteiger partial charge is 0.306 e. The molecule has 7 heteroatoms. The van der Waals surface area contributed by atoms with Crippen LogP contribution in [0.25, 0.3) is 0 Å². The Hall–Kier alpha value is -1.52. The Morgan fingerprint density at radius 2 is 1.60 bits per heavy atom. The number of aliphatic hydroxyl groups is 1. The topological polar surface area (TPSA) is 65.0 Å². The summed E-state index contributed by atoms with van der Waals surface area (Å²) < 4.78 is 19.3. The molecule has 256 valence electrons. The van der Waals surface area contributed by atoms with Crippen molar-refractivity contribution in [3.8, 4) is 0 Å². The average Bonchev–Trinajstić information content (AvgIpc) is 3.19. The van der Waals surface area contributed by atoms with E-state index >= 15 is 0 Å². The van der Waals surface area contributed by atoms with Crippen LogP contribution >= 0.6 is 0 Å². The van der Waals surface area contributed by atoms with Crippen molar-refractivity contribution in [2.24, 2.45) is 11.8 Å². The van der Waals surface area contributed by atoms with Gasteiger partial charge in [0.05, 0.1) is 24.4 Å². The fourth-order valence-electron chi connectivity index (χ4n) is 5.38. The van der Waals surface area contributed by atoms with E-state index in [4.69, 9.17) is 13.6 Å². The summed E-state index contributed by atoms with van der Waals surface area (Å²) >= 11 is 0. The first-order valence-electron chi connectivity index (χ1n) is 17.3. The third-order valence-electron chi connectivity index (χ3n) is 10.2. The second-order valence-electron chi connectivity index (χ2n) is 16.4. The van der Waals surface area contributed by atoms with Gasteiger partial charge in [0.15, 0.2) is 16.6 Å². The molecular weight excluding hydrogens is 593 g/mol. The molecule has 1 fully saturated rings. The molecule has 0 saturated heterocycles. The van der Waals surface area contributed by atoms with Crippen molar-refractivity contribution in [2.75, 3.05) is 0 Å². The quantitative estimate of drug-likeness (QED) is 0.0829. The van der Waals surface area contributed by atoms with Gasteiger partial charge >= 0.3 is 5.97 Å². The van der Waals surface area contributed by atoms with Gasteiger partial charge in [0.1, 0.15) is 0 Å². The Labute approximate surface area is 278 Å². The number of unbranched alkanes of at least 4 members (excludes halogenated alkanes) is 1. The number of benzene rings is 1. The summed E-state index contributed by atoms with van der Waals surface area (Å²) in [4.78, 5) is 11.9. The number of hydrogen-bond acceptors (Lipinski definition) is 5. The van der Waals surface area contributed by atoms with Crippen LogP contribution in [-0.2, 0) is 24.8 Å². The van der Waals surface area contributed by atoms with Crippen molar-refractivity contribution in [1.29, 1.82) is 0 Å². The van der Waals surface area contributed by atoms with Crippen molar-refractivity contribution < 1.29 is 23.5 Å². The highest BCUT2D eigenvalue weighted by Gasteiger charge is 2.47. The molecule has 1 aliphatic rings. The molecule has 45 heavy (non-hydrogen) atoms. The van der Waals surface area contributed by atoms with E-state index in [-0.39, 0.29) is 46.2 Å². The molecule has 0 bridgehead atoms. The van der Waals surface area contributed by atoms with Gasteiger partial charge in [0.25, 0.3) is 0 Å². The van der Waals surface area contributed by atoms with Crippen LogP contribution in [-0.4, -0.2) is 52.1 Å². The lowest BCUT2D eigenvalue weighted by Gasteiger charge is -2.40. The van der Waals surface area contributed by atoms with Gasteiger partial charge in [-0.1, -0.05) is 96.2 Å². The largest absolute Gasteiger partial charge is 0.463 e. The van der Waals surface area contributed by atoms with Crippen molar-refractivity contribution >= 4 is 22.6 Å². The summed E-state index contributed by atoms with van der Waals surface area (Å²) in [7, 11) is -4.07. The van der Waals surface area contributed by atoms with E-state index in [9.17, 15) is 9.90 Å². The zero-order chi connectivity index (χ0) is 34.1. The van der Waals surface area contributed by atoms with E-state index in [1.807, 2.05) is 13.8 Å². The van der Waals surface area contributed by atoms with Crippen LogP contribution in [0.3, 0.4) is 0 Å². The molecule has 2 rings (SSSR count). The van der Waals surface area contributed by atoms with Crippen LogP contribution in [0.15, 0.2) is 54.6 Å². The van der Waals surface area contributed by atoms with E-state index in [1.54, 1.807) is 0 Å². The molecule has 0 radical (unpaired) electrons. The third-order valence-corrected chi connectivity index (χ3v) is 19.2. The molecule has 2 unspecified atom stereocenters. The molecule has 1 aromatic rings. The number of aliphatic hydroxyl groups excluding tert-OH is 1. The molecule has 0 aliphatic heterocycles. The SMILES string of the molecule is CC(C)OC(=O)CCC/C=C\C[C@H]1[C@@H](O)CC(O[Si](C)(C)C(C)(C)C)[C@@H]1/C=C/C(CCc1ccccc1)O[Si](C)(C)C(C)(C)C. The van der Waals surface area contributed by atoms with Gasteiger partial charge in [0, 0.05) is 12.3 Å². The number of allylic oxidation sites excluding steroid dienone is 2. The summed E-state index contributed by atoms with van der Waals surface area (Å²) in [5.41, 5.74) is 1.32. The molecular formula is C38H66O5Si2. The Bertz CT molecular complexity index is 1080. The van der Waals surface area contributed by atoms with E-state index in [0.29, 0.717) is 12.8 Å². The van der Waals surface area contributed by atoms with Crippen LogP contribution in [0.5, 0.6) is 0 Å². The first-order valence-corrected chi connectivity index (χ1v) is 23.2. The van der Waals surface area contributed by atoms with Gasteiger partial charge in [-0.25, -0.2) is 0 Å². The Kier molecular flexibility index (Phi) is 15.0. The number of ether oxygens (including phenoxy) is 1. The highest BCUT2D eigenvalue weighted by atomic mass is 28.4. The minimum atomic E-state index is -2.05. The number of aryl methyl sites for hydroxylation is 1. The monoisotopic (exact) mass is 658 g/mol. The molecule has 1 aromatic carbocycles. The molecule has 1 aliphatic carbocycles. The summed E-state index contributed by atoms with van der Waals surface area (Å²) in [6, 6.07) is 10.7. The number of hydrogen-bond donors (Lipinski definition) is 1. The van der Waals surface area contributed by atoms with E-state index in [1.165, 1.54) is 5.56 Å². The van der Waals surface area contributed by atoms with Gasteiger partial charge in [0.2, 0.25) is 0 Å². The Morgan fingerprint density at radius 3 is 2.18 bits per heavy atom. The number of esters is 1. The normalized spacial score (nSPS) is 22.5. The fourth-order valence-corrected chi connectivity index (χ4v) is 8.05. The van der Waals surface area contributed by atoms with Gasteiger partial charge in [-0.2, -0.15) is 0 Å². The van der Waals surface area contributed by atoms with Gasteiger partial charge in [-0.3, -0.25) is 4.79 Å². The standard InChI is InChI=1S/C38H66O5Si2/c1-29(2)41-36(40)23-19-14-13-18-22-32-33(35(28-34(32)39)43-45(11,12)38(6,7)8)27-26-31(42-44(9,10)37(3,4)5)25-24-30-20-16-15-17-21-30/h13,15-18,20-21,26-27,29,31-35,39H,14,19,22-25,28H2,1-12H3/b18-13-,27-26+/t31?,32-,33-,34+,35?/m1/s1. The average molecular weight is 659 g/mol. The third kappa shape index (κ3) is 12.9. The predicted octanol–water partition coefficient (Wildman–Crippen LogP) is 10.0. The summed E-state index contributed by atoms with van der Waals surface area (Å²) in [5.74, 6) is 0.0324. The van der Waals surface area contributed by atoms with Crippen LogP contribution in [0.1, 0.15) is 99.5 Å². The van der Waals surface area contributed by atoms with E-state index in [0.717, 1.165) is 32.1 Å². The van der Waals surface area contributed by atoms with E-state index < -0.39 is 22.7 Å². The fraction of sp³-hybridized carbons (Fsp3) is 0.711. The number of rotatable bonds is 16. The second-order valence-corrected chi connectivity index (χ2v) is 25.9. The maximum atomic E-state index is 11.9. The lowest BCUT2D eigenvalue weighted by Crippen LogP contribution is -2.45. The summed E-state index contributed by atoms with van der Waals surface area (Å²) in [5, 5.41) is 11.6. The zero-order valence-corrected chi connectivity index (χ0v) is 32.7. The minimum absolute atomic E-state index is 0.000788. The number of carbonyl (C=O) groups excluding carboxylic acids is 1. The molecule has 0 spiro atoms. The van der Waals surface area contributed by atoms with Gasteiger partial charge in [-0.15, -0.1) is 0 Å². The molecule has 0 aromatic heterocycles. The molecule has 5 nitrogen and oxygen atoms in total. The first kappa shape index (κ1) is 39.7. The predicted molar refractivity (Wildman–Crippen MR) is 194 cm³/mol. The molecule has 0 amide bonds. The van der Waals surface area contributed by atoms with Gasteiger partial charge in [-0.05, 0) is 100 Å². The van der Waals surface area contributed by atoms with Crippen molar-refractivity contribution in [3.63, 3.8) is 0 Å². The molecule has 1 saturated carbocycles. The second kappa shape index (κ2) is 17.0. The zero-order valence-electron chi connectivity index (χ0n) is 30.7. The highest BCUT2D eigenvalue weighted by molar-refractivity contribution is 6.74. The highest BCUT2D eigenvalue weighted by Crippen LogP contribution is 2.44. The summed E-state index contributed by atoms with van der Waals surface area (Å²) in [6.07, 6.45) is 13.8.